The predicted octanol–water partition coefficient (Wildman–Crippen LogP) is 2.08. The number of urea groups is 1. The van der Waals surface area contributed by atoms with E-state index in [4.69, 9.17) is 0 Å². The van der Waals surface area contributed by atoms with Gasteiger partial charge in [0.1, 0.15) is 0 Å². The van der Waals surface area contributed by atoms with Crippen LogP contribution in [-0.2, 0) is 13.0 Å². The van der Waals surface area contributed by atoms with E-state index < -0.39 is 0 Å². The average molecular weight is 339 g/mol. The summed E-state index contributed by atoms with van der Waals surface area (Å²) >= 11 is 0. The van der Waals surface area contributed by atoms with E-state index in [0.29, 0.717) is 6.54 Å². The van der Waals surface area contributed by atoms with Crippen molar-refractivity contribution in [3.8, 4) is 0 Å². The Balaban J connectivity index is 1.42. The molecule has 1 atom stereocenters. The fourth-order valence-electron chi connectivity index (χ4n) is 3.20. The number of benzene rings is 2. The zero-order valence-corrected chi connectivity index (χ0v) is 14.3. The van der Waals surface area contributed by atoms with Gasteiger partial charge < -0.3 is 15.7 Å². The van der Waals surface area contributed by atoms with E-state index in [1.165, 1.54) is 11.1 Å². The molecule has 0 spiro atoms. The molecule has 5 heteroatoms. The number of rotatable bonds is 6. The molecule has 25 heavy (non-hydrogen) atoms. The van der Waals surface area contributed by atoms with Crippen LogP contribution in [-0.4, -0.2) is 42.3 Å². The summed E-state index contributed by atoms with van der Waals surface area (Å²) in [6.45, 7) is 3.23. The van der Waals surface area contributed by atoms with Gasteiger partial charge in [0, 0.05) is 26.2 Å². The SMILES string of the molecule is O=C(NCCN1CCc2ccccc2C1)N[C@@H](CO)c1ccccc1. The molecule has 1 aliphatic heterocycles. The molecule has 1 heterocycles. The van der Waals surface area contributed by atoms with Gasteiger partial charge in [-0.3, -0.25) is 4.90 Å². The lowest BCUT2D eigenvalue weighted by Gasteiger charge is -2.28. The molecule has 0 fully saturated rings. The molecule has 0 aliphatic carbocycles. The molecule has 2 amide bonds. The molecule has 2 aromatic carbocycles. The molecule has 0 aromatic heterocycles. The Hall–Kier alpha value is -2.37. The molecule has 5 nitrogen and oxygen atoms in total. The second kappa shape index (κ2) is 8.65. The van der Waals surface area contributed by atoms with Crippen LogP contribution in [0.1, 0.15) is 22.7 Å². The number of aliphatic hydroxyl groups excluding tert-OH is 1. The third-order valence-corrected chi connectivity index (χ3v) is 4.61. The Morgan fingerprint density at radius 3 is 2.56 bits per heavy atom. The van der Waals surface area contributed by atoms with E-state index in [0.717, 1.165) is 31.6 Å². The van der Waals surface area contributed by atoms with Crippen molar-refractivity contribution >= 4 is 6.03 Å². The van der Waals surface area contributed by atoms with Gasteiger partial charge in [-0.2, -0.15) is 0 Å². The van der Waals surface area contributed by atoms with E-state index in [9.17, 15) is 9.90 Å². The molecule has 0 radical (unpaired) electrons. The molecule has 1 aliphatic rings. The van der Waals surface area contributed by atoms with Crippen LogP contribution in [0.5, 0.6) is 0 Å². The number of aliphatic hydroxyl groups is 1. The van der Waals surface area contributed by atoms with Crippen LogP contribution in [0, 0.1) is 0 Å². The first-order valence-corrected chi connectivity index (χ1v) is 8.75. The number of amides is 2. The smallest absolute Gasteiger partial charge is 0.315 e. The summed E-state index contributed by atoms with van der Waals surface area (Å²) in [5.41, 5.74) is 3.70. The maximum Gasteiger partial charge on any atom is 0.315 e. The quantitative estimate of drug-likeness (QED) is 0.755. The molecule has 2 aromatic rings. The highest BCUT2D eigenvalue weighted by atomic mass is 16.3. The first kappa shape index (κ1) is 17.5. The maximum atomic E-state index is 12.1. The molecular weight excluding hydrogens is 314 g/mol. The van der Waals surface area contributed by atoms with Crippen LogP contribution < -0.4 is 10.6 Å². The topological polar surface area (TPSA) is 64.6 Å². The van der Waals surface area contributed by atoms with Crippen molar-refractivity contribution in [2.24, 2.45) is 0 Å². The minimum atomic E-state index is -0.386. The van der Waals surface area contributed by atoms with Gasteiger partial charge in [0.15, 0.2) is 0 Å². The van der Waals surface area contributed by atoms with Crippen LogP contribution in [0.3, 0.4) is 0 Å². The predicted molar refractivity (Wildman–Crippen MR) is 98.2 cm³/mol. The van der Waals surface area contributed by atoms with Crippen LogP contribution in [0.15, 0.2) is 54.6 Å². The molecule has 0 saturated carbocycles. The monoisotopic (exact) mass is 339 g/mol. The summed E-state index contributed by atoms with van der Waals surface area (Å²) in [6.07, 6.45) is 1.06. The Morgan fingerprint density at radius 2 is 1.80 bits per heavy atom. The maximum absolute atomic E-state index is 12.1. The summed E-state index contributed by atoms with van der Waals surface area (Å²) < 4.78 is 0. The highest BCUT2D eigenvalue weighted by molar-refractivity contribution is 5.74. The first-order chi connectivity index (χ1) is 12.3. The summed E-state index contributed by atoms with van der Waals surface area (Å²) in [5.74, 6) is 0. The van der Waals surface area contributed by atoms with Gasteiger partial charge in [0.2, 0.25) is 0 Å². The van der Waals surface area contributed by atoms with Crippen molar-refractivity contribution in [1.82, 2.24) is 15.5 Å². The zero-order chi connectivity index (χ0) is 17.5. The van der Waals surface area contributed by atoms with E-state index in [2.05, 4.69) is 39.8 Å². The lowest BCUT2D eigenvalue weighted by Crippen LogP contribution is -2.43. The van der Waals surface area contributed by atoms with Gasteiger partial charge in [-0.1, -0.05) is 54.6 Å². The Labute approximate surface area is 148 Å². The highest BCUT2D eigenvalue weighted by Crippen LogP contribution is 2.17. The highest BCUT2D eigenvalue weighted by Gasteiger charge is 2.16. The van der Waals surface area contributed by atoms with Gasteiger partial charge in [-0.15, -0.1) is 0 Å². The minimum Gasteiger partial charge on any atom is -0.394 e. The van der Waals surface area contributed by atoms with Gasteiger partial charge in [-0.25, -0.2) is 4.79 Å². The zero-order valence-electron chi connectivity index (χ0n) is 14.3. The summed E-state index contributed by atoms with van der Waals surface area (Å²) in [4.78, 5) is 14.4. The van der Waals surface area contributed by atoms with E-state index in [1.807, 2.05) is 30.3 Å². The van der Waals surface area contributed by atoms with Crippen LogP contribution in [0.25, 0.3) is 0 Å². The fourth-order valence-corrected chi connectivity index (χ4v) is 3.20. The van der Waals surface area contributed by atoms with Crippen LogP contribution >= 0.6 is 0 Å². The second-order valence-electron chi connectivity index (χ2n) is 6.34. The molecule has 0 saturated heterocycles. The van der Waals surface area contributed by atoms with Crippen molar-refractivity contribution in [2.75, 3.05) is 26.2 Å². The van der Waals surface area contributed by atoms with Crippen molar-refractivity contribution in [3.05, 3.63) is 71.3 Å². The average Bonchev–Trinajstić information content (AvgIpc) is 2.66. The van der Waals surface area contributed by atoms with Crippen molar-refractivity contribution in [3.63, 3.8) is 0 Å². The third kappa shape index (κ3) is 4.81. The fraction of sp³-hybridized carbons (Fsp3) is 0.350. The summed E-state index contributed by atoms with van der Waals surface area (Å²) in [7, 11) is 0. The number of carbonyl (C=O) groups is 1. The van der Waals surface area contributed by atoms with Crippen molar-refractivity contribution < 1.29 is 9.90 Å². The molecular formula is C20H25N3O2. The van der Waals surface area contributed by atoms with Crippen molar-refractivity contribution in [1.29, 1.82) is 0 Å². The van der Waals surface area contributed by atoms with Crippen molar-refractivity contribution in [2.45, 2.75) is 19.0 Å². The number of fused-ring (bicyclic) bond motifs is 1. The van der Waals surface area contributed by atoms with Gasteiger partial charge in [0.25, 0.3) is 0 Å². The van der Waals surface area contributed by atoms with E-state index in [-0.39, 0.29) is 18.7 Å². The number of hydrogen-bond donors (Lipinski definition) is 3. The largest absolute Gasteiger partial charge is 0.394 e. The first-order valence-electron chi connectivity index (χ1n) is 8.75. The third-order valence-electron chi connectivity index (χ3n) is 4.61. The number of carbonyl (C=O) groups excluding carboxylic acids is 1. The number of nitrogens with zero attached hydrogens (tertiary/aromatic N) is 1. The normalized spacial score (nSPS) is 15.2. The van der Waals surface area contributed by atoms with E-state index in [1.54, 1.807) is 0 Å². The summed E-state index contributed by atoms with van der Waals surface area (Å²) in [5, 5.41) is 15.2. The van der Waals surface area contributed by atoms with Gasteiger partial charge in [0.05, 0.1) is 12.6 Å². The molecule has 0 bridgehead atoms. The lowest BCUT2D eigenvalue weighted by atomic mass is 10.00. The standard InChI is InChI=1S/C20H25N3O2/c24-15-19(17-7-2-1-3-8-17)22-20(25)21-11-13-23-12-10-16-6-4-5-9-18(16)14-23/h1-9,19,24H,10-15H2,(H2,21,22,25)/t19-/m0/s1. The summed E-state index contributed by atoms with van der Waals surface area (Å²) in [6, 6.07) is 17.4. The van der Waals surface area contributed by atoms with E-state index >= 15 is 0 Å². The molecule has 3 N–H and O–H groups in total. The van der Waals surface area contributed by atoms with Gasteiger partial charge in [-0.05, 0) is 23.1 Å². The molecule has 132 valence electrons. The van der Waals surface area contributed by atoms with Crippen LogP contribution in [0.2, 0.25) is 0 Å². The Bertz CT molecular complexity index is 690. The lowest BCUT2D eigenvalue weighted by molar-refractivity contribution is 0.212. The second-order valence-corrected chi connectivity index (χ2v) is 6.34. The number of nitrogens with one attached hydrogen (secondary N) is 2. The minimum absolute atomic E-state index is 0.125. The number of hydrogen-bond acceptors (Lipinski definition) is 3. The molecule has 3 rings (SSSR count). The molecule has 0 unspecified atom stereocenters. The Morgan fingerprint density at radius 1 is 1.08 bits per heavy atom. The van der Waals surface area contributed by atoms with Gasteiger partial charge >= 0.3 is 6.03 Å². The van der Waals surface area contributed by atoms with Crippen LogP contribution in [0.4, 0.5) is 4.79 Å². The Kier molecular flexibility index (Phi) is 6.04.